The van der Waals surface area contributed by atoms with E-state index >= 15 is 0 Å². The normalized spacial score (nSPS) is 57.1. The molecule has 0 aliphatic heterocycles. The average molecular weight is 489 g/mol. The number of aliphatic hydroxyl groups excluding tert-OH is 3. The molecule has 0 bridgehead atoms. The lowest BCUT2D eigenvalue weighted by Gasteiger charge is -2.71. The molecule has 5 rings (SSSR count). The summed E-state index contributed by atoms with van der Waals surface area (Å²) >= 11 is 0. The number of carboxylic acids is 1. The molecule has 4 saturated carbocycles. The lowest BCUT2D eigenvalue weighted by Crippen LogP contribution is -2.67. The van der Waals surface area contributed by atoms with Crippen LogP contribution in [0.25, 0.3) is 0 Å². The molecule has 12 atom stereocenters. The fourth-order valence-electron chi connectivity index (χ4n) is 11.1. The SMILES string of the molecule is C[C@H]1[C@H](C)[C@H]2C3=CC[C@@H]4[C@@]5(C)C[C@@H](O)[C@H](O)C(C)(C)[C@@H]5CC[C@@]4(C)[C@]3(C)CC[C@@]2(C(=O)O)C[C@H]1O. The second-order valence-electron chi connectivity index (χ2n) is 14.8. The van der Waals surface area contributed by atoms with Gasteiger partial charge in [0.1, 0.15) is 0 Å². The van der Waals surface area contributed by atoms with Gasteiger partial charge in [-0.05, 0) is 96.2 Å². The van der Waals surface area contributed by atoms with Crippen LogP contribution in [0.2, 0.25) is 0 Å². The highest BCUT2D eigenvalue weighted by atomic mass is 16.4. The molecule has 0 saturated heterocycles. The minimum Gasteiger partial charge on any atom is -0.481 e. The van der Waals surface area contributed by atoms with E-state index in [9.17, 15) is 25.2 Å². The summed E-state index contributed by atoms with van der Waals surface area (Å²) in [5.41, 5.74) is -0.0578. The Hall–Kier alpha value is -0.910. The van der Waals surface area contributed by atoms with Crippen molar-refractivity contribution in [2.75, 3.05) is 0 Å². The molecule has 0 aromatic rings. The highest BCUT2D eigenvalue weighted by Crippen LogP contribution is 2.75. The average Bonchev–Trinajstić information content (AvgIpc) is 2.76. The van der Waals surface area contributed by atoms with Gasteiger partial charge in [0.25, 0.3) is 0 Å². The Kier molecular flexibility index (Phi) is 5.56. The van der Waals surface area contributed by atoms with Crippen LogP contribution in [0.15, 0.2) is 11.6 Å². The third kappa shape index (κ3) is 2.95. The van der Waals surface area contributed by atoms with Crippen LogP contribution in [0, 0.1) is 56.7 Å². The summed E-state index contributed by atoms with van der Waals surface area (Å²) < 4.78 is 0. The van der Waals surface area contributed by atoms with Gasteiger partial charge in [-0.15, -0.1) is 0 Å². The molecule has 35 heavy (non-hydrogen) atoms. The van der Waals surface area contributed by atoms with Gasteiger partial charge in [-0.2, -0.15) is 0 Å². The number of carboxylic acid groups (broad SMARTS) is 1. The lowest BCUT2D eigenvalue weighted by molar-refractivity contribution is -0.233. The molecule has 0 aromatic heterocycles. The first-order valence-electron chi connectivity index (χ1n) is 14.1. The van der Waals surface area contributed by atoms with E-state index in [1.807, 2.05) is 0 Å². The molecule has 0 radical (unpaired) electrons. The first-order valence-corrected chi connectivity index (χ1v) is 14.1. The molecule has 0 aromatic carbocycles. The van der Waals surface area contributed by atoms with E-state index in [0.717, 1.165) is 25.7 Å². The van der Waals surface area contributed by atoms with Crippen molar-refractivity contribution in [2.45, 2.75) is 112 Å². The van der Waals surface area contributed by atoms with Crippen molar-refractivity contribution in [3.63, 3.8) is 0 Å². The molecule has 0 spiro atoms. The Morgan fingerprint density at radius 3 is 2.17 bits per heavy atom. The zero-order valence-corrected chi connectivity index (χ0v) is 22.8. The van der Waals surface area contributed by atoms with Gasteiger partial charge >= 0.3 is 5.97 Å². The van der Waals surface area contributed by atoms with Gasteiger partial charge in [0.05, 0.1) is 23.7 Å². The van der Waals surface area contributed by atoms with E-state index in [1.54, 1.807) is 0 Å². The summed E-state index contributed by atoms with van der Waals surface area (Å²) in [6.45, 7) is 15.7. The van der Waals surface area contributed by atoms with Crippen LogP contribution in [0.4, 0.5) is 0 Å². The van der Waals surface area contributed by atoms with E-state index in [1.165, 1.54) is 5.57 Å². The number of rotatable bonds is 1. The van der Waals surface area contributed by atoms with Gasteiger partial charge in [0, 0.05) is 0 Å². The lowest BCUT2D eigenvalue weighted by atomic mass is 9.33. The van der Waals surface area contributed by atoms with Gasteiger partial charge in [-0.25, -0.2) is 0 Å². The molecule has 5 heteroatoms. The predicted molar refractivity (Wildman–Crippen MR) is 135 cm³/mol. The van der Waals surface area contributed by atoms with Crippen LogP contribution in [-0.2, 0) is 4.79 Å². The molecule has 4 N–H and O–H groups in total. The molecule has 0 heterocycles. The molecule has 198 valence electrons. The van der Waals surface area contributed by atoms with Crippen LogP contribution in [-0.4, -0.2) is 44.7 Å². The largest absolute Gasteiger partial charge is 0.481 e. The Morgan fingerprint density at radius 1 is 0.886 bits per heavy atom. The number of allylic oxidation sites excluding steroid dienone is 2. The summed E-state index contributed by atoms with van der Waals surface area (Å²) in [5, 5.41) is 43.2. The van der Waals surface area contributed by atoms with Crippen LogP contribution in [0.1, 0.15) is 93.4 Å². The Balaban J connectivity index is 1.62. The van der Waals surface area contributed by atoms with Gasteiger partial charge in [-0.1, -0.05) is 60.1 Å². The summed E-state index contributed by atoms with van der Waals surface area (Å²) in [5.74, 6) is 0.121. The number of hydrogen-bond acceptors (Lipinski definition) is 4. The molecule has 5 aliphatic rings. The Morgan fingerprint density at radius 2 is 1.54 bits per heavy atom. The summed E-state index contributed by atoms with van der Waals surface area (Å²) in [6.07, 6.45) is 5.86. The molecule has 5 aliphatic carbocycles. The van der Waals surface area contributed by atoms with Gasteiger partial charge < -0.3 is 20.4 Å². The van der Waals surface area contributed by atoms with Crippen LogP contribution < -0.4 is 0 Å². The van der Waals surface area contributed by atoms with Crippen LogP contribution >= 0.6 is 0 Å². The van der Waals surface area contributed by atoms with Gasteiger partial charge in [-0.3, -0.25) is 4.79 Å². The highest BCUT2D eigenvalue weighted by molar-refractivity contribution is 5.77. The number of hydrogen-bond donors (Lipinski definition) is 4. The van der Waals surface area contributed by atoms with Crippen LogP contribution in [0.3, 0.4) is 0 Å². The molecule has 0 unspecified atom stereocenters. The second kappa shape index (κ2) is 7.57. The third-order valence-electron chi connectivity index (χ3n) is 13.4. The smallest absolute Gasteiger partial charge is 0.310 e. The van der Waals surface area contributed by atoms with Gasteiger partial charge in [0.2, 0.25) is 0 Å². The highest BCUT2D eigenvalue weighted by Gasteiger charge is 2.70. The Bertz CT molecular complexity index is 941. The summed E-state index contributed by atoms with van der Waals surface area (Å²) in [4.78, 5) is 12.8. The number of aliphatic carboxylic acids is 1. The maximum Gasteiger partial charge on any atom is 0.310 e. The van der Waals surface area contributed by atoms with E-state index in [-0.39, 0.29) is 39.4 Å². The first kappa shape index (κ1) is 25.7. The number of carbonyl (C=O) groups is 1. The maximum atomic E-state index is 12.8. The fourth-order valence-corrected chi connectivity index (χ4v) is 11.1. The van der Waals surface area contributed by atoms with Crippen molar-refractivity contribution in [3.8, 4) is 0 Å². The molecule has 5 nitrogen and oxygen atoms in total. The topological polar surface area (TPSA) is 98.0 Å². The summed E-state index contributed by atoms with van der Waals surface area (Å²) in [7, 11) is 0. The van der Waals surface area contributed by atoms with Crippen molar-refractivity contribution in [2.24, 2.45) is 56.7 Å². The van der Waals surface area contributed by atoms with E-state index in [2.05, 4.69) is 54.5 Å². The zero-order chi connectivity index (χ0) is 25.9. The first-order chi connectivity index (χ1) is 16.1. The number of fused-ring (bicyclic) bond motifs is 7. The monoisotopic (exact) mass is 488 g/mol. The molecular formula is C30H48O5. The standard InChI is InChI=1S/C30H48O5/c1-16-17(2)23-18-8-9-22-27(5)14-20(32)24(33)26(3,4)21(27)10-11-29(22,7)28(18,6)12-13-30(23,25(34)35)15-19(16)31/h8,16-17,19-24,31-33H,9-15H2,1-7H3,(H,34,35)/t16-,17-,19+,20+,21-,22+,23-,24-,27-,28+,29+,30+/m0/s1. The zero-order valence-electron chi connectivity index (χ0n) is 22.8. The summed E-state index contributed by atoms with van der Waals surface area (Å²) in [6, 6.07) is 0. The van der Waals surface area contributed by atoms with Crippen molar-refractivity contribution in [1.82, 2.24) is 0 Å². The van der Waals surface area contributed by atoms with E-state index < -0.39 is 29.7 Å². The molecule has 0 amide bonds. The minimum absolute atomic E-state index is 0.00408. The molecular weight excluding hydrogens is 440 g/mol. The number of aliphatic hydroxyl groups is 3. The molecule has 4 fully saturated rings. The predicted octanol–water partition coefficient (Wildman–Crippen LogP) is 5.03. The van der Waals surface area contributed by atoms with Crippen molar-refractivity contribution in [1.29, 1.82) is 0 Å². The van der Waals surface area contributed by atoms with Crippen molar-refractivity contribution < 1.29 is 25.2 Å². The fraction of sp³-hybridized carbons (Fsp3) is 0.900. The Labute approximate surface area is 211 Å². The van der Waals surface area contributed by atoms with E-state index in [0.29, 0.717) is 31.1 Å². The van der Waals surface area contributed by atoms with Crippen LogP contribution in [0.5, 0.6) is 0 Å². The second-order valence-corrected chi connectivity index (χ2v) is 14.8. The van der Waals surface area contributed by atoms with E-state index in [4.69, 9.17) is 0 Å². The van der Waals surface area contributed by atoms with Crippen molar-refractivity contribution >= 4 is 5.97 Å². The third-order valence-corrected chi connectivity index (χ3v) is 13.4. The van der Waals surface area contributed by atoms with Crippen molar-refractivity contribution in [3.05, 3.63) is 11.6 Å². The maximum absolute atomic E-state index is 12.8. The quantitative estimate of drug-likeness (QED) is 0.388. The van der Waals surface area contributed by atoms with Gasteiger partial charge in [0.15, 0.2) is 0 Å². The minimum atomic E-state index is -0.881.